The van der Waals surface area contributed by atoms with Gasteiger partial charge in [-0.05, 0) is 70.6 Å². The van der Waals surface area contributed by atoms with E-state index in [4.69, 9.17) is 18.9 Å². The first-order valence-corrected chi connectivity index (χ1v) is 28.4. The van der Waals surface area contributed by atoms with Crippen LogP contribution < -0.4 is 5.11 Å². The van der Waals surface area contributed by atoms with E-state index in [0.717, 1.165) is 83.5 Å². The van der Waals surface area contributed by atoms with Gasteiger partial charge in [0, 0.05) is 12.8 Å². The maximum atomic E-state index is 12.8. The first-order valence-electron chi connectivity index (χ1n) is 28.4. The summed E-state index contributed by atoms with van der Waals surface area (Å²) in [5.74, 6) is -2.29. The predicted molar refractivity (Wildman–Crippen MR) is 288 cm³/mol. The van der Waals surface area contributed by atoms with Gasteiger partial charge in [-0.15, -0.1) is 0 Å². The maximum absolute atomic E-state index is 12.8. The van der Waals surface area contributed by atoms with Gasteiger partial charge in [-0.1, -0.05) is 222 Å². The van der Waals surface area contributed by atoms with E-state index in [9.17, 15) is 19.5 Å². The Labute approximate surface area is 425 Å². The first-order chi connectivity index (χ1) is 33.6. The predicted octanol–water partition coefficient (Wildman–Crippen LogP) is 15.1. The average Bonchev–Trinajstić information content (AvgIpc) is 3.31. The first kappa shape index (κ1) is 66.0. The topological polar surface area (TPSA) is 111 Å². The number of ether oxygens (including phenoxy) is 4. The number of esters is 2. The molecule has 2 unspecified atom stereocenters. The Morgan fingerprint density at radius 2 is 0.826 bits per heavy atom. The Bertz CT molecular complexity index is 1310. The molecule has 0 radical (unpaired) electrons. The van der Waals surface area contributed by atoms with Crippen LogP contribution in [0.4, 0.5) is 0 Å². The summed E-state index contributed by atoms with van der Waals surface area (Å²) in [6, 6.07) is 0. The summed E-state index contributed by atoms with van der Waals surface area (Å²) in [6.45, 7) is 4.59. The largest absolute Gasteiger partial charge is 0.545 e. The lowest BCUT2D eigenvalue weighted by atomic mass is 10.0. The standard InChI is InChI=1S/C60H107NO8/c1-6-8-10-12-14-16-18-19-20-21-22-23-24-25-26-27-28-29-30-31-32-33-34-35-36-37-38-39-41-43-45-47-49-51-58(63)69-56(55-68-60(59(64)65)66-53-52-61(3,4)5)54-67-57(62)50-48-46-44-42-40-17-15-13-11-9-7-2/h8,10,13-16,19-20,22-23,56,60H,6-7,9,11-12,17-18,21,24-55H2,1-5H3/b10-8-,15-13-,16-14-,20-19-,23-22-. The van der Waals surface area contributed by atoms with E-state index in [1.54, 1.807) is 0 Å². The summed E-state index contributed by atoms with van der Waals surface area (Å²) in [6.07, 6.45) is 61.5. The van der Waals surface area contributed by atoms with Gasteiger partial charge in [-0.3, -0.25) is 9.59 Å². The zero-order valence-electron chi connectivity index (χ0n) is 45.4. The summed E-state index contributed by atoms with van der Waals surface area (Å²) < 4.78 is 22.6. The zero-order valence-corrected chi connectivity index (χ0v) is 45.4. The SMILES string of the molecule is CC/C=C\C/C=C\C/C=C\C/C=C\CCCCCCCCCCCCCCCCCCCCCCC(=O)OC(COC(=O)CCCCCCC/C=C\CCCC)COC(OCC[N+](C)(C)C)C(=O)[O-]. The van der Waals surface area contributed by atoms with Crippen molar-refractivity contribution in [1.82, 2.24) is 0 Å². The summed E-state index contributed by atoms with van der Waals surface area (Å²) in [5.41, 5.74) is 0. The molecule has 0 aliphatic carbocycles. The third kappa shape index (κ3) is 52.6. The molecule has 0 amide bonds. The monoisotopic (exact) mass is 970 g/mol. The Morgan fingerprint density at radius 1 is 0.449 bits per heavy atom. The molecule has 0 bridgehead atoms. The number of carboxylic acids is 1. The number of nitrogens with zero attached hydrogens (tertiary/aromatic N) is 1. The molecule has 0 spiro atoms. The number of carbonyl (C=O) groups is 3. The van der Waals surface area contributed by atoms with Crippen LogP contribution in [0.25, 0.3) is 0 Å². The molecule has 9 nitrogen and oxygen atoms in total. The Balaban J connectivity index is 4.04. The minimum Gasteiger partial charge on any atom is -0.545 e. The van der Waals surface area contributed by atoms with Gasteiger partial charge < -0.3 is 33.3 Å². The third-order valence-electron chi connectivity index (χ3n) is 12.2. The van der Waals surface area contributed by atoms with Crippen molar-refractivity contribution in [3.63, 3.8) is 0 Å². The molecule has 9 heteroatoms. The van der Waals surface area contributed by atoms with Crippen LogP contribution in [0.5, 0.6) is 0 Å². The van der Waals surface area contributed by atoms with Gasteiger partial charge in [0.15, 0.2) is 12.4 Å². The minimum atomic E-state index is -1.62. The molecule has 0 saturated heterocycles. The second-order valence-electron chi connectivity index (χ2n) is 20.2. The highest BCUT2D eigenvalue weighted by Crippen LogP contribution is 2.16. The van der Waals surface area contributed by atoms with E-state index in [1.807, 2.05) is 21.1 Å². The number of hydrogen-bond donors (Lipinski definition) is 0. The normalized spacial score (nSPS) is 13.2. The van der Waals surface area contributed by atoms with Gasteiger partial charge in [-0.25, -0.2) is 0 Å². The van der Waals surface area contributed by atoms with Crippen molar-refractivity contribution in [1.29, 1.82) is 0 Å². The highest BCUT2D eigenvalue weighted by Gasteiger charge is 2.22. The van der Waals surface area contributed by atoms with E-state index in [1.165, 1.54) is 128 Å². The van der Waals surface area contributed by atoms with Crippen LogP contribution in [0.3, 0.4) is 0 Å². The number of quaternary nitrogens is 1. The molecule has 0 aromatic carbocycles. The Morgan fingerprint density at radius 3 is 1.25 bits per heavy atom. The molecular weight excluding hydrogens is 863 g/mol. The van der Waals surface area contributed by atoms with Crippen molar-refractivity contribution < 1.29 is 42.9 Å². The molecular formula is C60H107NO8. The fourth-order valence-electron chi connectivity index (χ4n) is 7.86. The van der Waals surface area contributed by atoms with Gasteiger partial charge in [-0.2, -0.15) is 0 Å². The molecule has 0 aliphatic rings. The molecule has 0 aliphatic heterocycles. The fourth-order valence-corrected chi connectivity index (χ4v) is 7.86. The Kier molecular flexibility index (Phi) is 49.1. The van der Waals surface area contributed by atoms with E-state index in [-0.39, 0.29) is 38.6 Å². The van der Waals surface area contributed by atoms with Crippen LogP contribution in [0.2, 0.25) is 0 Å². The molecule has 69 heavy (non-hydrogen) atoms. The lowest BCUT2D eigenvalue weighted by Crippen LogP contribution is -2.44. The van der Waals surface area contributed by atoms with Crippen molar-refractivity contribution in [2.75, 3.05) is 47.5 Å². The molecule has 0 aromatic heterocycles. The van der Waals surface area contributed by atoms with Gasteiger partial charge >= 0.3 is 11.9 Å². The van der Waals surface area contributed by atoms with Crippen LogP contribution in [0.15, 0.2) is 60.8 Å². The van der Waals surface area contributed by atoms with Gasteiger partial charge in [0.1, 0.15) is 13.2 Å². The zero-order chi connectivity index (χ0) is 50.6. The molecule has 0 fully saturated rings. The fraction of sp³-hybridized carbons (Fsp3) is 0.783. The number of unbranched alkanes of at least 4 members (excludes halogenated alkanes) is 27. The average molecular weight is 971 g/mol. The summed E-state index contributed by atoms with van der Waals surface area (Å²) in [4.78, 5) is 37.1. The van der Waals surface area contributed by atoms with Crippen LogP contribution in [-0.4, -0.2) is 82.3 Å². The summed E-state index contributed by atoms with van der Waals surface area (Å²) in [5, 5.41) is 11.7. The van der Waals surface area contributed by atoms with Crippen LogP contribution >= 0.6 is 0 Å². The van der Waals surface area contributed by atoms with Crippen molar-refractivity contribution in [2.24, 2.45) is 0 Å². The maximum Gasteiger partial charge on any atom is 0.306 e. The smallest absolute Gasteiger partial charge is 0.306 e. The molecule has 0 rings (SSSR count). The van der Waals surface area contributed by atoms with E-state index >= 15 is 0 Å². The second kappa shape index (κ2) is 51.3. The van der Waals surface area contributed by atoms with E-state index in [2.05, 4.69) is 74.6 Å². The Hall–Kier alpha value is -3.01. The molecule has 0 N–H and O–H groups in total. The number of aliphatic carboxylic acids is 1. The van der Waals surface area contributed by atoms with Crippen molar-refractivity contribution in [2.45, 2.75) is 257 Å². The molecule has 2 atom stereocenters. The number of carboxylic acid groups (broad SMARTS) is 1. The molecule has 0 aromatic rings. The summed E-state index contributed by atoms with van der Waals surface area (Å²) >= 11 is 0. The lowest BCUT2D eigenvalue weighted by molar-refractivity contribution is -0.870. The van der Waals surface area contributed by atoms with E-state index in [0.29, 0.717) is 17.4 Å². The van der Waals surface area contributed by atoms with Crippen molar-refractivity contribution in [3.8, 4) is 0 Å². The molecule has 0 heterocycles. The number of rotatable bonds is 52. The van der Waals surface area contributed by atoms with Gasteiger partial charge in [0.05, 0.1) is 40.3 Å². The van der Waals surface area contributed by atoms with Crippen LogP contribution in [0, 0.1) is 0 Å². The van der Waals surface area contributed by atoms with Crippen LogP contribution in [0.1, 0.15) is 245 Å². The highest BCUT2D eigenvalue weighted by molar-refractivity contribution is 5.70. The van der Waals surface area contributed by atoms with E-state index < -0.39 is 24.3 Å². The molecule has 400 valence electrons. The van der Waals surface area contributed by atoms with Gasteiger partial charge in [0.25, 0.3) is 0 Å². The lowest BCUT2D eigenvalue weighted by Gasteiger charge is -2.26. The third-order valence-corrected chi connectivity index (χ3v) is 12.2. The second-order valence-corrected chi connectivity index (χ2v) is 20.2. The quantitative estimate of drug-likeness (QED) is 0.0195. The number of hydrogen-bond acceptors (Lipinski definition) is 8. The van der Waals surface area contributed by atoms with Crippen molar-refractivity contribution in [3.05, 3.63) is 60.8 Å². The number of likely N-dealkylation sites (N-methyl/N-ethyl adjacent to an activating group) is 1. The number of carbonyl (C=O) groups excluding carboxylic acids is 3. The molecule has 0 saturated carbocycles. The highest BCUT2D eigenvalue weighted by atomic mass is 16.7. The number of allylic oxidation sites excluding steroid dienone is 10. The minimum absolute atomic E-state index is 0.147. The van der Waals surface area contributed by atoms with Crippen LogP contribution in [-0.2, 0) is 33.3 Å². The van der Waals surface area contributed by atoms with Gasteiger partial charge in [0.2, 0.25) is 0 Å². The van der Waals surface area contributed by atoms with Crippen molar-refractivity contribution >= 4 is 17.9 Å². The summed E-state index contributed by atoms with van der Waals surface area (Å²) in [7, 11) is 5.91.